The molecule has 0 aromatic heterocycles. The first-order valence-electron chi connectivity index (χ1n) is 5.73. The first-order chi connectivity index (χ1) is 10.0. The predicted octanol–water partition coefficient (Wildman–Crippen LogP) is 2.81. The fraction of sp³-hybridized carbons (Fsp3) is 0. The Kier molecular flexibility index (Phi) is 4.39. The van der Waals surface area contributed by atoms with E-state index in [0.717, 1.165) is 0 Å². The van der Waals surface area contributed by atoms with Crippen LogP contribution in [0.5, 0.6) is 0 Å². The molecule has 0 atom stereocenters. The molecule has 0 saturated heterocycles. The zero-order chi connectivity index (χ0) is 15.4. The number of para-hydroxylation sites is 1. The van der Waals surface area contributed by atoms with Gasteiger partial charge in [0.25, 0.3) is 0 Å². The zero-order valence-corrected chi connectivity index (χ0v) is 10.5. The summed E-state index contributed by atoms with van der Waals surface area (Å²) in [4.78, 5) is 3.43. The number of halogens is 4. The van der Waals surface area contributed by atoms with E-state index in [9.17, 15) is 17.6 Å². The van der Waals surface area contributed by atoms with E-state index < -0.39 is 29.0 Å². The number of nitrogens with zero attached hydrogens (tertiary/aromatic N) is 1. The molecule has 0 saturated carbocycles. The largest absolute Gasteiger partial charge is 0.325 e. The maximum atomic E-state index is 13.5. The average molecular weight is 298 g/mol. The molecule has 0 amide bonds. The molecular formula is C13H10F4N4. The predicted molar refractivity (Wildman–Crippen MR) is 70.8 cm³/mol. The summed E-state index contributed by atoms with van der Waals surface area (Å²) in [5, 5.41) is 2.61. The van der Waals surface area contributed by atoms with E-state index in [2.05, 4.69) is 15.7 Å². The normalized spacial score (nSPS) is 11.4. The molecule has 2 aromatic rings. The smallest absolute Gasteiger partial charge is 0.215 e. The van der Waals surface area contributed by atoms with Crippen LogP contribution < -0.4 is 16.6 Å². The summed E-state index contributed by atoms with van der Waals surface area (Å²) in [7, 11) is 0. The van der Waals surface area contributed by atoms with Crippen molar-refractivity contribution in [3.63, 3.8) is 0 Å². The lowest BCUT2D eigenvalue weighted by molar-refractivity contribution is 0.457. The molecule has 0 unspecified atom stereocenters. The quantitative estimate of drug-likeness (QED) is 0.199. The van der Waals surface area contributed by atoms with Crippen LogP contribution in [0.25, 0.3) is 0 Å². The number of nitrogens with one attached hydrogen (secondary N) is 2. The van der Waals surface area contributed by atoms with Crippen molar-refractivity contribution in [3.8, 4) is 0 Å². The Labute approximate surface area is 117 Å². The number of hydrogen-bond acceptors (Lipinski definition) is 2. The molecule has 0 heterocycles. The summed E-state index contributed by atoms with van der Waals surface area (Å²) in [6.07, 6.45) is 0. The molecule has 0 fully saturated rings. The maximum Gasteiger partial charge on any atom is 0.215 e. The third-order valence-corrected chi connectivity index (χ3v) is 2.49. The minimum atomic E-state index is -1.61. The fourth-order valence-corrected chi connectivity index (χ4v) is 1.53. The van der Waals surface area contributed by atoms with Crippen molar-refractivity contribution in [1.29, 1.82) is 0 Å². The van der Waals surface area contributed by atoms with Gasteiger partial charge in [0.1, 0.15) is 5.69 Å². The van der Waals surface area contributed by atoms with Crippen LogP contribution in [0.2, 0.25) is 0 Å². The van der Waals surface area contributed by atoms with Crippen LogP contribution in [0.4, 0.5) is 28.9 Å². The van der Waals surface area contributed by atoms with Gasteiger partial charge < -0.3 is 5.32 Å². The molecule has 21 heavy (non-hydrogen) atoms. The summed E-state index contributed by atoms with van der Waals surface area (Å²) in [6, 6.07) is 8.50. The second-order valence-corrected chi connectivity index (χ2v) is 3.91. The molecule has 2 aromatic carbocycles. The number of rotatable bonds is 2. The van der Waals surface area contributed by atoms with Crippen LogP contribution in [0.15, 0.2) is 41.4 Å². The number of nitrogens with two attached hydrogens (primary N) is 1. The summed E-state index contributed by atoms with van der Waals surface area (Å²) < 4.78 is 53.1. The van der Waals surface area contributed by atoms with Crippen LogP contribution in [0, 0.1) is 23.3 Å². The van der Waals surface area contributed by atoms with Crippen molar-refractivity contribution in [2.75, 3.05) is 5.32 Å². The Hall–Kier alpha value is -2.61. The number of hydrazine groups is 1. The molecule has 4 N–H and O–H groups in total. The highest BCUT2D eigenvalue weighted by Crippen LogP contribution is 2.26. The number of guanidine groups is 1. The topological polar surface area (TPSA) is 62.4 Å². The Balaban J connectivity index is 2.41. The van der Waals surface area contributed by atoms with Gasteiger partial charge in [0, 0.05) is 11.8 Å². The monoisotopic (exact) mass is 298 g/mol. The molecular weight excluding hydrogens is 288 g/mol. The Bertz CT molecular complexity index is 647. The first-order valence-corrected chi connectivity index (χ1v) is 5.73. The Morgan fingerprint density at radius 1 is 0.952 bits per heavy atom. The first kappa shape index (κ1) is 14.8. The average Bonchev–Trinajstić information content (AvgIpc) is 2.49. The molecule has 2 rings (SSSR count). The second-order valence-electron chi connectivity index (χ2n) is 3.91. The fourth-order valence-electron chi connectivity index (χ4n) is 1.53. The van der Waals surface area contributed by atoms with Crippen molar-refractivity contribution in [3.05, 3.63) is 59.7 Å². The van der Waals surface area contributed by atoms with Crippen LogP contribution in [-0.2, 0) is 0 Å². The summed E-state index contributed by atoms with van der Waals surface area (Å²) in [6.45, 7) is 0. The van der Waals surface area contributed by atoms with Crippen molar-refractivity contribution >= 4 is 17.3 Å². The van der Waals surface area contributed by atoms with Gasteiger partial charge >= 0.3 is 0 Å². The van der Waals surface area contributed by atoms with Crippen LogP contribution in [0.1, 0.15) is 0 Å². The second kappa shape index (κ2) is 6.23. The van der Waals surface area contributed by atoms with Gasteiger partial charge in [-0.15, -0.1) is 0 Å². The molecule has 4 nitrogen and oxygen atoms in total. The van der Waals surface area contributed by atoms with E-state index >= 15 is 0 Å². The Morgan fingerprint density at radius 3 is 2.05 bits per heavy atom. The summed E-state index contributed by atoms with van der Waals surface area (Å²) >= 11 is 0. The van der Waals surface area contributed by atoms with Crippen molar-refractivity contribution < 1.29 is 17.6 Å². The van der Waals surface area contributed by atoms with E-state index in [-0.39, 0.29) is 12.0 Å². The van der Waals surface area contributed by atoms with Crippen molar-refractivity contribution in [2.24, 2.45) is 10.8 Å². The lowest BCUT2D eigenvalue weighted by Crippen LogP contribution is -2.36. The minimum Gasteiger partial charge on any atom is -0.325 e. The summed E-state index contributed by atoms with van der Waals surface area (Å²) in [5.74, 6) is -1.45. The standard InChI is InChI=1S/C13H10F4N4/c14-8-6-9(15)11(17)12(10(8)16)20-13(21-18)19-7-4-2-1-3-5-7/h1-6H,18H2,(H2,19,20,21). The molecule has 110 valence electrons. The van der Waals surface area contributed by atoms with E-state index in [0.29, 0.717) is 5.69 Å². The van der Waals surface area contributed by atoms with E-state index in [1.54, 1.807) is 30.3 Å². The molecule has 0 spiro atoms. The molecule has 0 aliphatic rings. The van der Waals surface area contributed by atoms with E-state index in [4.69, 9.17) is 5.84 Å². The van der Waals surface area contributed by atoms with E-state index in [1.807, 2.05) is 0 Å². The Morgan fingerprint density at radius 2 is 1.52 bits per heavy atom. The molecule has 0 aliphatic carbocycles. The molecule has 0 radical (unpaired) electrons. The van der Waals surface area contributed by atoms with Gasteiger partial charge in [-0.2, -0.15) is 0 Å². The third-order valence-electron chi connectivity index (χ3n) is 2.49. The van der Waals surface area contributed by atoms with Gasteiger partial charge in [-0.25, -0.2) is 28.4 Å². The van der Waals surface area contributed by atoms with Gasteiger partial charge in [-0.3, -0.25) is 5.43 Å². The van der Waals surface area contributed by atoms with Crippen molar-refractivity contribution in [1.82, 2.24) is 5.43 Å². The van der Waals surface area contributed by atoms with Gasteiger partial charge in [0.05, 0.1) is 0 Å². The van der Waals surface area contributed by atoms with E-state index in [1.165, 1.54) is 0 Å². The molecule has 0 aliphatic heterocycles. The van der Waals surface area contributed by atoms with Gasteiger partial charge in [-0.1, -0.05) is 18.2 Å². The zero-order valence-electron chi connectivity index (χ0n) is 10.5. The highest BCUT2D eigenvalue weighted by Gasteiger charge is 2.19. The SMILES string of the molecule is NNC(=Nc1c(F)c(F)cc(F)c1F)Nc1ccccc1. The van der Waals surface area contributed by atoms with Gasteiger partial charge in [0.15, 0.2) is 23.3 Å². The number of anilines is 1. The van der Waals surface area contributed by atoms with Crippen molar-refractivity contribution in [2.45, 2.75) is 0 Å². The minimum absolute atomic E-state index is 0.101. The molecule has 0 bridgehead atoms. The number of aliphatic imine (C=N–C) groups is 1. The number of hydrogen-bond donors (Lipinski definition) is 3. The lowest BCUT2D eigenvalue weighted by Gasteiger charge is -2.10. The highest BCUT2D eigenvalue weighted by atomic mass is 19.2. The lowest BCUT2D eigenvalue weighted by atomic mass is 10.2. The van der Waals surface area contributed by atoms with Crippen LogP contribution in [-0.4, -0.2) is 5.96 Å². The van der Waals surface area contributed by atoms with Crippen LogP contribution in [0.3, 0.4) is 0 Å². The maximum absolute atomic E-state index is 13.5. The third kappa shape index (κ3) is 3.29. The summed E-state index contributed by atoms with van der Waals surface area (Å²) in [5.41, 5.74) is 1.44. The number of benzene rings is 2. The molecule has 8 heteroatoms. The van der Waals surface area contributed by atoms with Gasteiger partial charge in [-0.05, 0) is 12.1 Å². The highest BCUT2D eigenvalue weighted by molar-refractivity contribution is 5.94. The van der Waals surface area contributed by atoms with Crippen LogP contribution >= 0.6 is 0 Å². The van der Waals surface area contributed by atoms with Gasteiger partial charge in [0.2, 0.25) is 5.96 Å².